The van der Waals surface area contributed by atoms with Crippen molar-refractivity contribution in [3.63, 3.8) is 0 Å². The number of amides is 2. The summed E-state index contributed by atoms with van der Waals surface area (Å²) < 4.78 is 0. The van der Waals surface area contributed by atoms with Crippen LogP contribution in [0.25, 0.3) is 0 Å². The van der Waals surface area contributed by atoms with Crippen LogP contribution in [-0.2, 0) is 0 Å². The Morgan fingerprint density at radius 1 is 0.829 bits per heavy atom. The Balaban J connectivity index is 1.19. The Hall–Kier alpha value is -3.03. The van der Waals surface area contributed by atoms with Crippen LogP contribution >= 0.6 is 22.9 Å². The summed E-state index contributed by atoms with van der Waals surface area (Å²) >= 11 is 7.48. The van der Waals surface area contributed by atoms with Gasteiger partial charge in [-0.05, 0) is 60.7 Å². The van der Waals surface area contributed by atoms with Crippen LogP contribution in [0.15, 0.2) is 66.0 Å². The highest BCUT2D eigenvalue weighted by atomic mass is 35.5. The SMILES string of the molecule is O=C(NC1CCN(c2ccccc2C(=O)N2CCN(c3ccc(Cl)cc3)CC2)CC1)c1cccs1. The van der Waals surface area contributed by atoms with Gasteiger partial charge in [-0.15, -0.1) is 11.3 Å². The predicted molar refractivity (Wildman–Crippen MR) is 143 cm³/mol. The average molecular weight is 509 g/mol. The number of benzene rings is 2. The number of hydrogen-bond donors (Lipinski definition) is 1. The van der Waals surface area contributed by atoms with Gasteiger partial charge in [0.05, 0.1) is 10.4 Å². The Morgan fingerprint density at radius 3 is 2.23 bits per heavy atom. The van der Waals surface area contributed by atoms with Crippen molar-refractivity contribution in [1.29, 1.82) is 0 Å². The first-order valence-corrected chi connectivity index (χ1v) is 13.3. The molecule has 3 aromatic rings. The van der Waals surface area contributed by atoms with Crippen molar-refractivity contribution in [2.24, 2.45) is 0 Å². The van der Waals surface area contributed by atoms with E-state index in [1.165, 1.54) is 11.3 Å². The molecule has 35 heavy (non-hydrogen) atoms. The second-order valence-corrected chi connectivity index (χ2v) is 10.4. The Bertz CT molecular complexity index is 1150. The molecule has 0 bridgehead atoms. The van der Waals surface area contributed by atoms with Gasteiger partial charge in [0.15, 0.2) is 0 Å². The number of nitrogens with one attached hydrogen (secondary N) is 1. The van der Waals surface area contributed by atoms with E-state index >= 15 is 0 Å². The van der Waals surface area contributed by atoms with E-state index in [4.69, 9.17) is 11.6 Å². The zero-order chi connectivity index (χ0) is 24.2. The van der Waals surface area contributed by atoms with E-state index in [2.05, 4.69) is 15.1 Å². The fraction of sp³-hybridized carbons (Fsp3) is 0.333. The average Bonchev–Trinajstić information content (AvgIpc) is 3.45. The van der Waals surface area contributed by atoms with Gasteiger partial charge in [-0.25, -0.2) is 0 Å². The van der Waals surface area contributed by atoms with E-state index in [9.17, 15) is 9.59 Å². The smallest absolute Gasteiger partial charge is 0.261 e. The van der Waals surface area contributed by atoms with Crippen LogP contribution in [0.3, 0.4) is 0 Å². The molecule has 3 heterocycles. The zero-order valence-electron chi connectivity index (χ0n) is 19.5. The molecule has 8 heteroatoms. The van der Waals surface area contributed by atoms with Crippen LogP contribution in [-0.4, -0.2) is 62.0 Å². The third-order valence-electron chi connectivity index (χ3n) is 6.81. The van der Waals surface area contributed by atoms with Crippen molar-refractivity contribution in [3.05, 3.63) is 81.5 Å². The normalized spacial score (nSPS) is 16.9. The van der Waals surface area contributed by atoms with E-state index in [1.807, 2.05) is 70.9 Å². The van der Waals surface area contributed by atoms with Gasteiger partial charge in [-0.2, -0.15) is 0 Å². The molecule has 182 valence electrons. The summed E-state index contributed by atoms with van der Waals surface area (Å²) in [5, 5.41) is 5.81. The molecule has 1 N–H and O–H groups in total. The van der Waals surface area contributed by atoms with Gasteiger partial charge in [0.1, 0.15) is 0 Å². The molecule has 0 unspecified atom stereocenters. The first-order chi connectivity index (χ1) is 17.1. The predicted octanol–water partition coefficient (Wildman–Crippen LogP) is 4.76. The van der Waals surface area contributed by atoms with Gasteiger partial charge in [-0.1, -0.05) is 29.8 Å². The van der Waals surface area contributed by atoms with Crippen molar-refractivity contribution >= 4 is 46.1 Å². The van der Waals surface area contributed by atoms with Crippen LogP contribution in [0.4, 0.5) is 11.4 Å². The van der Waals surface area contributed by atoms with Crippen molar-refractivity contribution in [1.82, 2.24) is 10.2 Å². The van der Waals surface area contributed by atoms with Gasteiger partial charge in [0.25, 0.3) is 11.8 Å². The highest BCUT2D eigenvalue weighted by molar-refractivity contribution is 7.12. The molecule has 1 aromatic heterocycles. The summed E-state index contributed by atoms with van der Waals surface area (Å²) in [5.74, 6) is 0.0937. The fourth-order valence-corrected chi connectivity index (χ4v) is 5.60. The number of rotatable bonds is 5. The lowest BCUT2D eigenvalue weighted by molar-refractivity contribution is 0.0747. The van der Waals surface area contributed by atoms with E-state index < -0.39 is 0 Å². The molecule has 5 rings (SSSR count). The molecule has 2 saturated heterocycles. The second kappa shape index (κ2) is 10.7. The van der Waals surface area contributed by atoms with Crippen LogP contribution in [0.2, 0.25) is 5.02 Å². The second-order valence-electron chi connectivity index (χ2n) is 8.98. The Labute approximate surface area is 215 Å². The summed E-state index contributed by atoms with van der Waals surface area (Å²) in [5.41, 5.74) is 2.88. The third-order valence-corrected chi connectivity index (χ3v) is 7.93. The number of hydrogen-bond acceptors (Lipinski definition) is 5. The van der Waals surface area contributed by atoms with E-state index in [0.717, 1.165) is 65.9 Å². The molecule has 2 aliphatic heterocycles. The molecule has 0 radical (unpaired) electrons. The summed E-state index contributed by atoms with van der Waals surface area (Å²) in [6.07, 6.45) is 1.72. The van der Waals surface area contributed by atoms with Crippen LogP contribution < -0.4 is 15.1 Å². The fourth-order valence-electron chi connectivity index (χ4n) is 4.85. The number of para-hydroxylation sites is 1. The molecule has 2 fully saturated rings. The number of carbonyl (C=O) groups excluding carboxylic acids is 2. The highest BCUT2D eigenvalue weighted by Crippen LogP contribution is 2.27. The minimum Gasteiger partial charge on any atom is -0.371 e. The highest BCUT2D eigenvalue weighted by Gasteiger charge is 2.27. The largest absolute Gasteiger partial charge is 0.371 e. The van der Waals surface area contributed by atoms with Crippen LogP contribution in [0, 0.1) is 0 Å². The quantitative estimate of drug-likeness (QED) is 0.539. The minimum atomic E-state index is 0.00627. The number of nitrogens with zero attached hydrogens (tertiary/aromatic N) is 3. The lowest BCUT2D eigenvalue weighted by atomic mass is 10.0. The minimum absolute atomic E-state index is 0.00627. The molecule has 6 nitrogen and oxygen atoms in total. The van der Waals surface area contributed by atoms with Gasteiger partial charge in [0.2, 0.25) is 0 Å². The molecule has 0 atom stereocenters. The van der Waals surface area contributed by atoms with E-state index in [1.54, 1.807) is 0 Å². The van der Waals surface area contributed by atoms with Gasteiger partial charge >= 0.3 is 0 Å². The Morgan fingerprint density at radius 2 is 1.54 bits per heavy atom. The van der Waals surface area contributed by atoms with Gasteiger partial charge in [0, 0.05) is 61.7 Å². The summed E-state index contributed by atoms with van der Waals surface area (Å²) in [6, 6.07) is 19.7. The number of piperidine rings is 1. The van der Waals surface area contributed by atoms with Crippen molar-refractivity contribution < 1.29 is 9.59 Å². The molecule has 2 aromatic carbocycles. The standard InChI is InChI=1S/C27H29ClN4O2S/c28-20-7-9-22(10-8-20)30-15-17-32(18-16-30)27(34)23-4-1-2-5-24(23)31-13-11-21(12-14-31)29-26(33)25-6-3-19-35-25/h1-10,19,21H,11-18H2,(H,29,33). The lowest BCUT2D eigenvalue weighted by Gasteiger charge is -2.38. The molecule has 0 saturated carbocycles. The number of anilines is 2. The number of halogens is 1. The van der Waals surface area contributed by atoms with Crippen molar-refractivity contribution in [2.75, 3.05) is 49.1 Å². The van der Waals surface area contributed by atoms with Crippen LogP contribution in [0.5, 0.6) is 0 Å². The maximum Gasteiger partial charge on any atom is 0.261 e. The Kier molecular flexibility index (Phi) is 7.25. The summed E-state index contributed by atoms with van der Waals surface area (Å²) in [6.45, 7) is 4.59. The maximum atomic E-state index is 13.5. The van der Waals surface area contributed by atoms with E-state index in [0.29, 0.717) is 13.1 Å². The summed E-state index contributed by atoms with van der Waals surface area (Å²) in [7, 11) is 0. The molecule has 0 aliphatic carbocycles. The first kappa shape index (κ1) is 23.7. The maximum absolute atomic E-state index is 13.5. The van der Waals surface area contributed by atoms with Crippen LogP contribution in [0.1, 0.15) is 32.9 Å². The first-order valence-electron chi connectivity index (χ1n) is 12.1. The molecule has 2 aliphatic rings. The molecular weight excluding hydrogens is 480 g/mol. The van der Waals surface area contributed by atoms with Gasteiger partial charge in [-0.3, -0.25) is 9.59 Å². The van der Waals surface area contributed by atoms with Crippen molar-refractivity contribution in [2.45, 2.75) is 18.9 Å². The third kappa shape index (κ3) is 5.46. The molecular formula is C27H29ClN4O2S. The monoisotopic (exact) mass is 508 g/mol. The zero-order valence-corrected chi connectivity index (χ0v) is 21.1. The number of carbonyl (C=O) groups is 2. The number of piperazine rings is 1. The summed E-state index contributed by atoms with van der Waals surface area (Å²) in [4.78, 5) is 33.2. The van der Waals surface area contributed by atoms with E-state index in [-0.39, 0.29) is 17.9 Å². The lowest BCUT2D eigenvalue weighted by Crippen LogP contribution is -2.49. The topological polar surface area (TPSA) is 55.9 Å². The van der Waals surface area contributed by atoms with Crippen molar-refractivity contribution in [3.8, 4) is 0 Å². The molecule has 0 spiro atoms. The molecule has 2 amide bonds. The van der Waals surface area contributed by atoms with Gasteiger partial charge < -0.3 is 20.0 Å². The number of thiophene rings is 1.